The van der Waals surface area contributed by atoms with Gasteiger partial charge in [0.25, 0.3) is 5.91 Å². The maximum Gasteiger partial charge on any atom is 0.251 e. The normalized spacial score (nSPS) is 10.6. The summed E-state index contributed by atoms with van der Waals surface area (Å²) in [6, 6.07) is 17.7. The number of hydrogen-bond acceptors (Lipinski definition) is 3. The van der Waals surface area contributed by atoms with E-state index in [1.807, 2.05) is 74.6 Å². The Morgan fingerprint density at radius 2 is 1.88 bits per heavy atom. The van der Waals surface area contributed by atoms with Gasteiger partial charge >= 0.3 is 0 Å². The largest absolute Gasteiger partial charge is 0.378 e. The molecule has 5 nitrogen and oxygen atoms in total. The molecule has 0 aliphatic heterocycles. The van der Waals surface area contributed by atoms with Crippen molar-refractivity contribution in [3.63, 3.8) is 0 Å². The van der Waals surface area contributed by atoms with Crippen molar-refractivity contribution >= 4 is 11.6 Å². The van der Waals surface area contributed by atoms with Crippen LogP contribution in [0.5, 0.6) is 0 Å². The number of carbonyl (C=O) groups is 1. The van der Waals surface area contributed by atoms with Crippen LogP contribution in [0.25, 0.3) is 5.69 Å². The molecule has 0 bridgehead atoms. The second kappa shape index (κ2) is 7.87. The van der Waals surface area contributed by atoms with Gasteiger partial charge in [-0.15, -0.1) is 0 Å². The molecule has 1 amide bonds. The fourth-order valence-electron chi connectivity index (χ4n) is 2.83. The van der Waals surface area contributed by atoms with Crippen molar-refractivity contribution in [2.24, 2.45) is 0 Å². The van der Waals surface area contributed by atoms with E-state index in [1.54, 1.807) is 0 Å². The molecular weight excluding hydrogens is 324 g/mol. The number of imidazole rings is 1. The first kappa shape index (κ1) is 17.7. The zero-order chi connectivity index (χ0) is 18.5. The van der Waals surface area contributed by atoms with Crippen LogP contribution in [0, 0.1) is 6.92 Å². The van der Waals surface area contributed by atoms with E-state index in [0.29, 0.717) is 18.5 Å². The van der Waals surface area contributed by atoms with Gasteiger partial charge in [0, 0.05) is 50.2 Å². The Labute approximate surface area is 154 Å². The number of rotatable bonds is 6. The predicted octanol–water partition coefficient (Wildman–Crippen LogP) is 3.22. The number of nitrogens with one attached hydrogen (secondary N) is 1. The number of carbonyl (C=O) groups excluding carboxylic acids is 1. The molecule has 3 aromatic rings. The molecule has 2 aromatic carbocycles. The second-order valence-electron chi connectivity index (χ2n) is 6.44. The van der Waals surface area contributed by atoms with Crippen molar-refractivity contribution in [3.8, 4) is 5.69 Å². The maximum atomic E-state index is 12.3. The molecule has 0 spiro atoms. The summed E-state index contributed by atoms with van der Waals surface area (Å²) in [6.07, 6.45) is 2.73. The summed E-state index contributed by atoms with van der Waals surface area (Å²) in [5.41, 5.74) is 3.74. The van der Waals surface area contributed by atoms with Gasteiger partial charge in [0.1, 0.15) is 5.82 Å². The van der Waals surface area contributed by atoms with Crippen LogP contribution in [0.2, 0.25) is 0 Å². The van der Waals surface area contributed by atoms with E-state index in [2.05, 4.69) is 27.0 Å². The third kappa shape index (κ3) is 4.11. The molecule has 1 aromatic heterocycles. The van der Waals surface area contributed by atoms with Gasteiger partial charge in [-0.2, -0.15) is 0 Å². The van der Waals surface area contributed by atoms with Crippen molar-refractivity contribution in [1.82, 2.24) is 14.9 Å². The van der Waals surface area contributed by atoms with Gasteiger partial charge < -0.3 is 14.8 Å². The summed E-state index contributed by atoms with van der Waals surface area (Å²) < 4.78 is 2.07. The monoisotopic (exact) mass is 348 g/mol. The highest BCUT2D eigenvalue weighted by Gasteiger charge is 2.09. The van der Waals surface area contributed by atoms with E-state index >= 15 is 0 Å². The topological polar surface area (TPSA) is 50.2 Å². The van der Waals surface area contributed by atoms with Crippen LogP contribution in [0.1, 0.15) is 21.9 Å². The van der Waals surface area contributed by atoms with Crippen LogP contribution in [-0.2, 0) is 6.42 Å². The van der Waals surface area contributed by atoms with Crippen molar-refractivity contribution in [2.45, 2.75) is 13.3 Å². The second-order valence-corrected chi connectivity index (χ2v) is 6.44. The molecule has 26 heavy (non-hydrogen) atoms. The predicted molar refractivity (Wildman–Crippen MR) is 105 cm³/mol. The highest BCUT2D eigenvalue weighted by Crippen LogP contribution is 2.14. The zero-order valence-electron chi connectivity index (χ0n) is 15.4. The van der Waals surface area contributed by atoms with Gasteiger partial charge in [0.05, 0.1) is 5.69 Å². The quantitative estimate of drug-likeness (QED) is 0.744. The Balaban J connectivity index is 1.60. The average Bonchev–Trinajstić information content (AvgIpc) is 3.03. The summed E-state index contributed by atoms with van der Waals surface area (Å²) in [5.74, 6) is 0.879. The molecule has 0 aliphatic carbocycles. The molecule has 0 radical (unpaired) electrons. The first-order chi connectivity index (χ1) is 12.5. The molecule has 3 rings (SSSR count). The molecule has 134 valence electrons. The average molecular weight is 348 g/mol. The lowest BCUT2D eigenvalue weighted by Crippen LogP contribution is -2.26. The molecule has 0 fully saturated rings. The van der Waals surface area contributed by atoms with Crippen LogP contribution in [0.4, 0.5) is 5.69 Å². The number of aromatic nitrogens is 2. The number of para-hydroxylation sites is 1. The van der Waals surface area contributed by atoms with E-state index in [1.165, 1.54) is 0 Å². The molecule has 0 saturated heterocycles. The van der Waals surface area contributed by atoms with Gasteiger partial charge in [0.2, 0.25) is 0 Å². The third-order valence-corrected chi connectivity index (χ3v) is 4.26. The summed E-state index contributed by atoms with van der Waals surface area (Å²) >= 11 is 0. The fourth-order valence-corrected chi connectivity index (χ4v) is 2.83. The standard InChI is InChI=1S/C21H24N4O/c1-16-23-18(15-25(16)19-9-5-4-6-10-19)12-13-22-21(26)17-8-7-11-20(14-17)24(2)3/h4-11,14-15H,12-13H2,1-3H3,(H,22,26). The minimum atomic E-state index is -0.0621. The number of hydrogen-bond donors (Lipinski definition) is 1. The van der Waals surface area contributed by atoms with Crippen molar-refractivity contribution < 1.29 is 4.79 Å². The van der Waals surface area contributed by atoms with Crippen LogP contribution < -0.4 is 10.2 Å². The van der Waals surface area contributed by atoms with E-state index in [0.717, 1.165) is 22.9 Å². The maximum absolute atomic E-state index is 12.3. The minimum absolute atomic E-state index is 0.0621. The summed E-state index contributed by atoms with van der Waals surface area (Å²) in [6.45, 7) is 2.54. The van der Waals surface area contributed by atoms with Gasteiger partial charge in [-0.1, -0.05) is 24.3 Å². The van der Waals surface area contributed by atoms with Crippen LogP contribution in [-0.4, -0.2) is 36.1 Å². The molecule has 0 unspecified atom stereocenters. The highest BCUT2D eigenvalue weighted by molar-refractivity contribution is 5.95. The van der Waals surface area contributed by atoms with Gasteiger partial charge in [-0.05, 0) is 37.3 Å². The van der Waals surface area contributed by atoms with E-state index in [4.69, 9.17) is 0 Å². The number of aryl methyl sites for hydroxylation is 1. The lowest BCUT2D eigenvalue weighted by atomic mass is 10.2. The Kier molecular flexibility index (Phi) is 5.37. The molecule has 5 heteroatoms. The van der Waals surface area contributed by atoms with E-state index in [9.17, 15) is 4.79 Å². The number of benzene rings is 2. The molecule has 0 atom stereocenters. The number of anilines is 1. The summed E-state index contributed by atoms with van der Waals surface area (Å²) in [7, 11) is 3.92. The van der Waals surface area contributed by atoms with Crippen LogP contribution >= 0.6 is 0 Å². The molecule has 1 heterocycles. The SMILES string of the molecule is Cc1nc(CCNC(=O)c2cccc(N(C)C)c2)cn1-c1ccccc1. The van der Waals surface area contributed by atoms with Crippen molar-refractivity contribution in [3.05, 3.63) is 77.9 Å². The van der Waals surface area contributed by atoms with Crippen molar-refractivity contribution in [1.29, 1.82) is 0 Å². The van der Waals surface area contributed by atoms with Gasteiger partial charge in [0.15, 0.2) is 0 Å². The van der Waals surface area contributed by atoms with Gasteiger partial charge in [-0.3, -0.25) is 4.79 Å². The Bertz CT molecular complexity index is 884. The summed E-state index contributed by atoms with van der Waals surface area (Å²) in [5, 5.41) is 2.98. The van der Waals surface area contributed by atoms with Gasteiger partial charge in [-0.25, -0.2) is 4.98 Å². The summed E-state index contributed by atoms with van der Waals surface area (Å²) in [4.78, 5) is 18.9. The Morgan fingerprint density at radius 3 is 2.62 bits per heavy atom. The Hall–Kier alpha value is -3.08. The lowest BCUT2D eigenvalue weighted by molar-refractivity contribution is 0.0954. The highest BCUT2D eigenvalue weighted by atomic mass is 16.1. The number of nitrogens with zero attached hydrogens (tertiary/aromatic N) is 3. The fraction of sp³-hybridized carbons (Fsp3) is 0.238. The first-order valence-electron chi connectivity index (χ1n) is 8.70. The minimum Gasteiger partial charge on any atom is -0.378 e. The number of amides is 1. The smallest absolute Gasteiger partial charge is 0.251 e. The zero-order valence-corrected chi connectivity index (χ0v) is 15.4. The molecule has 1 N–H and O–H groups in total. The Morgan fingerprint density at radius 1 is 1.12 bits per heavy atom. The molecular formula is C21H24N4O. The van der Waals surface area contributed by atoms with E-state index in [-0.39, 0.29) is 5.91 Å². The van der Waals surface area contributed by atoms with Crippen LogP contribution in [0.15, 0.2) is 60.8 Å². The lowest BCUT2D eigenvalue weighted by Gasteiger charge is -2.13. The first-order valence-corrected chi connectivity index (χ1v) is 8.70. The molecule has 0 aliphatic rings. The van der Waals surface area contributed by atoms with Crippen LogP contribution in [0.3, 0.4) is 0 Å². The molecule has 0 saturated carbocycles. The van der Waals surface area contributed by atoms with Crippen molar-refractivity contribution in [2.75, 3.05) is 25.5 Å². The van der Waals surface area contributed by atoms with E-state index < -0.39 is 0 Å². The third-order valence-electron chi connectivity index (χ3n) is 4.26.